The Hall–Kier alpha value is -3.22. The van der Waals surface area contributed by atoms with Crippen molar-refractivity contribution in [1.82, 2.24) is 14.7 Å². The fourth-order valence-corrected chi connectivity index (χ4v) is 4.39. The maximum Gasteiger partial charge on any atom is 0.228 e. The minimum absolute atomic E-state index is 0.0555. The number of hydrogen-bond acceptors (Lipinski definition) is 3. The molecule has 3 aromatic rings. The van der Waals surface area contributed by atoms with Crippen LogP contribution in [0.25, 0.3) is 5.69 Å². The number of nitrogens with zero attached hydrogens (tertiary/aromatic N) is 3. The zero-order chi connectivity index (χ0) is 23.4. The lowest BCUT2D eigenvalue weighted by Crippen LogP contribution is -2.35. The van der Waals surface area contributed by atoms with Crippen molar-refractivity contribution in [3.05, 3.63) is 71.4 Å². The molecule has 1 fully saturated rings. The average Bonchev–Trinajstić information content (AvgIpc) is 3.45. The van der Waals surface area contributed by atoms with E-state index in [-0.39, 0.29) is 17.6 Å². The van der Waals surface area contributed by atoms with Gasteiger partial charge < -0.3 is 9.64 Å². The maximum atomic E-state index is 14.5. The summed E-state index contributed by atoms with van der Waals surface area (Å²) >= 11 is 0. The Bertz CT molecular complexity index is 1110. The van der Waals surface area contributed by atoms with Crippen LogP contribution < -0.4 is 4.74 Å². The first-order chi connectivity index (χ1) is 16.0. The number of hydrogen-bond donors (Lipinski definition) is 0. The molecule has 1 aliphatic rings. The topological polar surface area (TPSA) is 47.4 Å². The van der Waals surface area contributed by atoms with Gasteiger partial charge in [0, 0.05) is 18.5 Å². The van der Waals surface area contributed by atoms with E-state index in [2.05, 4.69) is 5.10 Å². The van der Waals surface area contributed by atoms with Gasteiger partial charge in [-0.1, -0.05) is 38.0 Å². The van der Waals surface area contributed by atoms with Crippen molar-refractivity contribution in [1.29, 1.82) is 0 Å². The van der Waals surface area contributed by atoms with Crippen molar-refractivity contribution < 1.29 is 18.3 Å². The third-order valence-electron chi connectivity index (χ3n) is 6.10. The standard InChI is InChI=1S/C26H29F2N3O2/c1-3-15-30(25(32)19-9-7-8-10-19)17-22-18(2)29-31(21-11-5-4-6-12-21)26(22)33-24-14-13-20(27)16-23(24)28/h4-6,11-14,16,19H,3,7-10,15,17H2,1-2H3. The van der Waals surface area contributed by atoms with Crippen molar-refractivity contribution >= 4 is 5.91 Å². The summed E-state index contributed by atoms with van der Waals surface area (Å²) in [6, 6.07) is 12.6. The molecule has 1 saturated carbocycles. The van der Waals surface area contributed by atoms with Crippen LogP contribution in [0.4, 0.5) is 8.78 Å². The Morgan fingerprint density at radius 1 is 1.15 bits per heavy atom. The quantitative estimate of drug-likeness (QED) is 0.409. The molecule has 0 bridgehead atoms. The third-order valence-corrected chi connectivity index (χ3v) is 6.10. The summed E-state index contributed by atoms with van der Waals surface area (Å²) in [6.45, 7) is 4.84. The van der Waals surface area contributed by atoms with Crippen LogP contribution in [0.15, 0.2) is 48.5 Å². The fourth-order valence-electron chi connectivity index (χ4n) is 4.39. The molecule has 0 N–H and O–H groups in total. The predicted octanol–water partition coefficient (Wildman–Crippen LogP) is 6.18. The summed E-state index contributed by atoms with van der Waals surface area (Å²) in [7, 11) is 0. The molecule has 7 heteroatoms. The van der Waals surface area contributed by atoms with E-state index in [1.165, 1.54) is 6.07 Å². The molecule has 0 aliphatic heterocycles. The van der Waals surface area contributed by atoms with Crippen LogP contribution in [0.1, 0.15) is 50.3 Å². The van der Waals surface area contributed by atoms with E-state index in [0.717, 1.165) is 49.9 Å². The van der Waals surface area contributed by atoms with Crippen molar-refractivity contribution in [2.24, 2.45) is 5.92 Å². The second kappa shape index (κ2) is 10.1. The minimum Gasteiger partial charge on any atom is -0.435 e. The first-order valence-corrected chi connectivity index (χ1v) is 11.5. The number of carbonyl (C=O) groups excluding carboxylic acids is 1. The van der Waals surface area contributed by atoms with E-state index in [1.54, 1.807) is 4.68 Å². The zero-order valence-corrected chi connectivity index (χ0v) is 19.1. The molecule has 174 valence electrons. The Kier molecular flexibility index (Phi) is 7.06. The Morgan fingerprint density at radius 2 is 1.88 bits per heavy atom. The van der Waals surface area contributed by atoms with Crippen LogP contribution in [-0.4, -0.2) is 27.1 Å². The molecule has 0 radical (unpaired) electrons. The molecule has 0 atom stereocenters. The number of aryl methyl sites for hydroxylation is 1. The van der Waals surface area contributed by atoms with E-state index in [1.807, 2.05) is 49.1 Å². The molecule has 0 spiro atoms. The van der Waals surface area contributed by atoms with Gasteiger partial charge in [0.1, 0.15) is 5.82 Å². The molecule has 0 saturated heterocycles. The van der Waals surface area contributed by atoms with Gasteiger partial charge in [-0.3, -0.25) is 4.79 Å². The molecule has 2 aromatic carbocycles. The van der Waals surface area contributed by atoms with Gasteiger partial charge in [-0.25, -0.2) is 13.5 Å². The lowest BCUT2D eigenvalue weighted by molar-refractivity contribution is -0.136. The van der Waals surface area contributed by atoms with E-state index in [9.17, 15) is 13.6 Å². The summed E-state index contributed by atoms with van der Waals surface area (Å²) in [5.74, 6) is -1.04. The number of carbonyl (C=O) groups is 1. The molecular weight excluding hydrogens is 424 g/mol. The Balaban J connectivity index is 1.74. The number of halogens is 2. The van der Waals surface area contributed by atoms with Crippen molar-refractivity contribution in [3.8, 4) is 17.3 Å². The number of para-hydroxylation sites is 1. The molecule has 33 heavy (non-hydrogen) atoms. The first-order valence-electron chi connectivity index (χ1n) is 11.5. The van der Waals surface area contributed by atoms with E-state index < -0.39 is 11.6 Å². The minimum atomic E-state index is -0.799. The summed E-state index contributed by atoms with van der Waals surface area (Å²) in [5, 5.41) is 4.65. The molecule has 1 aromatic heterocycles. The molecular formula is C26H29F2N3O2. The van der Waals surface area contributed by atoms with E-state index in [0.29, 0.717) is 30.2 Å². The summed E-state index contributed by atoms with van der Waals surface area (Å²) in [5.41, 5.74) is 2.15. The lowest BCUT2D eigenvalue weighted by Gasteiger charge is -2.25. The van der Waals surface area contributed by atoms with Crippen LogP contribution >= 0.6 is 0 Å². The van der Waals surface area contributed by atoms with Gasteiger partial charge in [0.15, 0.2) is 11.6 Å². The molecule has 5 nitrogen and oxygen atoms in total. The van der Waals surface area contributed by atoms with Crippen molar-refractivity contribution in [2.75, 3.05) is 6.54 Å². The SMILES string of the molecule is CCCN(Cc1c(C)nn(-c2ccccc2)c1Oc1ccc(F)cc1F)C(=O)C1CCCC1. The lowest BCUT2D eigenvalue weighted by atomic mass is 10.1. The van der Waals surface area contributed by atoms with Gasteiger partial charge in [0.25, 0.3) is 0 Å². The first kappa shape index (κ1) is 23.0. The van der Waals surface area contributed by atoms with Crippen LogP contribution in [0, 0.1) is 24.5 Å². The highest BCUT2D eigenvalue weighted by atomic mass is 19.1. The maximum absolute atomic E-state index is 14.5. The van der Waals surface area contributed by atoms with E-state index >= 15 is 0 Å². The number of ether oxygens (including phenoxy) is 1. The molecule has 1 heterocycles. The number of rotatable bonds is 8. The highest BCUT2D eigenvalue weighted by molar-refractivity contribution is 5.79. The van der Waals surface area contributed by atoms with Crippen LogP contribution in [0.2, 0.25) is 0 Å². The van der Waals surface area contributed by atoms with Crippen molar-refractivity contribution in [3.63, 3.8) is 0 Å². The van der Waals surface area contributed by atoms with Gasteiger partial charge >= 0.3 is 0 Å². The van der Waals surface area contributed by atoms with E-state index in [4.69, 9.17) is 4.74 Å². The van der Waals surface area contributed by atoms with Crippen LogP contribution in [0.3, 0.4) is 0 Å². The van der Waals surface area contributed by atoms with Gasteiger partial charge in [0.05, 0.1) is 23.5 Å². The smallest absolute Gasteiger partial charge is 0.228 e. The summed E-state index contributed by atoms with van der Waals surface area (Å²) in [4.78, 5) is 15.1. The summed E-state index contributed by atoms with van der Waals surface area (Å²) in [6.07, 6.45) is 4.84. The highest BCUT2D eigenvalue weighted by Gasteiger charge is 2.29. The predicted molar refractivity (Wildman–Crippen MR) is 122 cm³/mol. The molecule has 1 aliphatic carbocycles. The number of aromatic nitrogens is 2. The highest BCUT2D eigenvalue weighted by Crippen LogP contribution is 2.34. The summed E-state index contributed by atoms with van der Waals surface area (Å²) < 4.78 is 35.5. The number of amides is 1. The normalized spacial score (nSPS) is 13.9. The van der Waals surface area contributed by atoms with Gasteiger partial charge in [-0.2, -0.15) is 5.10 Å². The second-order valence-electron chi connectivity index (χ2n) is 8.53. The average molecular weight is 454 g/mol. The number of benzene rings is 2. The second-order valence-corrected chi connectivity index (χ2v) is 8.53. The fraction of sp³-hybridized carbons (Fsp3) is 0.385. The Morgan fingerprint density at radius 3 is 2.55 bits per heavy atom. The molecule has 4 rings (SSSR count). The monoisotopic (exact) mass is 453 g/mol. The molecule has 0 unspecified atom stereocenters. The van der Waals surface area contributed by atoms with Crippen molar-refractivity contribution in [2.45, 2.75) is 52.5 Å². The van der Waals surface area contributed by atoms with Crippen LogP contribution in [-0.2, 0) is 11.3 Å². The van der Waals surface area contributed by atoms with Crippen LogP contribution in [0.5, 0.6) is 11.6 Å². The van der Waals surface area contributed by atoms with Gasteiger partial charge in [-0.15, -0.1) is 0 Å². The Labute approximate surface area is 193 Å². The molecule has 1 amide bonds. The third kappa shape index (κ3) is 5.07. The van der Waals surface area contributed by atoms with Gasteiger partial charge in [0.2, 0.25) is 11.8 Å². The zero-order valence-electron chi connectivity index (χ0n) is 19.1. The largest absolute Gasteiger partial charge is 0.435 e. The van der Waals surface area contributed by atoms with Gasteiger partial charge in [-0.05, 0) is 50.5 Å².